The van der Waals surface area contributed by atoms with E-state index >= 15 is 0 Å². The molecule has 106 valence electrons. The molecule has 0 atom stereocenters. The van der Waals surface area contributed by atoms with Crippen molar-refractivity contribution in [2.24, 2.45) is 5.41 Å². The van der Waals surface area contributed by atoms with E-state index in [4.69, 9.17) is 0 Å². The molecule has 1 aliphatic heterocycles. The number of thiophene rings is 1. The number of nitrogens with one attached hydrogen (secondary N) is 1. The molecule has 0 amide bonds. The first-order valence-corrected chi connectivity index (χ1v) is 8.33. The maximum absolute atomic E-state index is 3.57. The van der Waals surface area contributed by atoms with Crippen LogP contribution in [0.25, 0.3) is 0 Å². The maximum Gasteiger partial charge on any atom is 0.0549 e. The van der Waals surface area contributed by atoms with E-state index < -0.39 is 0 Å². The van der Waals surface area contributed by atoms with Crippen LogP contribution in [-0.4, -0.2) is 32.1 Å². The largest absolute Gasteiger partial charge is 0.316 e. The molecule has 1 N–H and O–H groups in total. The van der Waals surface area contributed by atoms with Gasteiger partial charge in [-0.05, 0) is 77.2 Å². The van der Waals surface area contributed by atoms with Gasteiger partial charge in [-0.2, -0.15) is 0 Å². The lowest BCUT2D eigenvalue weighted by atomic mass is 9.66. The van der Waals surface area contributed by atoms with Crippen LogP contribution in [0.2, 0.25) is 0 Å². The molecule has 0 radical (unpaired) electrons. The number of hydrogen-bond donors (Lipinski definition) is 1. The molecular formula is C16H26N2S. The van der Waals surface area contributed by atoms with Crippen LogP contribution in [0.1, 0.15) is 41.9 Å². The average molecular weight is 278 g/mol. The maximum atomic E-state index is 3.57. The molecule has 1 aliphatic carbocycles. The monoisotopic (exact) mass is 278 g/mol. The van der Waals surface area contributed by atoms with Crippen LogP contribution in [0.3, 0.4) is 0 Å². The SMILES string of the molecule is Cc1ccc(C2(N(C)C)CCC3(CCNC3)CC2)s1. The third kappa shape index (κ3) is 2.26. The van der Waals surface area contributed by atoms with Crippen LogP contribution in [-0.2, 0) is 5.54 Å². The molecule has 0 aromatic carbocycles. The van der Waals surface area contributed by atoms with Crippen molar-refractivity contribution >= 4 is 11.3 Å². The van der Waals surface area contributed by atoms with Gasteiger partial charge < -0.3 is 5.32 Å². The summed E-state index contributed by atoms with van der Waals surface area (Å²) in [5.41, 5.74) is 0.915. The van der Waals surface area contributed by atoms with Crippen molar-refractivity contribution in [1.29, 1.82) is 0 Å². The van der Waals surface area contributed by atoms with Gasteiger partial charge in [0, 0.05) is 16.3 Å². The third-order valence-electron chi connectivity index (χ3n) is 5.53. The molecule has 2 fully saturated rings. The second-order valence-corrected chi connectivity index (χ2v) is 8.05. The zero-order chi connectivity index (χ0) is 13.5. The van der Waals surface area contributed by atoms with Crippen LogP contribution < -0.4 is 5.32 Å². The van der Waals surface area contributed by atoms with Crippen molar-refractivity contribution in [3.63, 3.8) is 0 Å². The van der Waals surface area contributed by atoms with Gasteiger partial charge in [-0.25, -0.2) is 0 Å². The Bertz CT molecular complexity index is 433. The normalized spacial score (nSPS) is 35.4. The van der Waals surface area contributed by atoms with E-state index in [1.165, 1.54) is 50.1 Å². The van der Waals surface area contributed by atoms with Crippen molar-refractivity contribution in [3.05, 3.63) is 21.9 Å². The Balaban J connectivity index is 1.84. The predicted molar refractivity (Wildman–Crippen MR) is 82.8 cm³/mol. The zero-order valence-electron chi connectivity index (χ0n) is 12.5. The zero-order valence-corrected chi connectivity index (χ0v) is 13.3. The second-order valence-electron chi connectivity index (χ2n) is 6.76. The van der Waals surface area contributed by atoms with Gasteiger partial charge in [-0.3, -0.25) is 4.90 Å². The van der Waals surface area contributed by atoms with Gasteiger partial charge in [0.2, 0.25) is 0 Å². The predicted octanol–water partition coefficient (Wildman–Crippen LogP) is 3.37. The highest BCUT2D eigenvalue weighted by atomic mass is 32.1. The minimum absolute atomic E-state index is 0.298. The molecule has 1 saturated heterocycles. The average Bonchev–Trinajstić information content (AvgIpc) is 3.01. The summed E-state index contributed by atoms with van der Waals surface area (Å²) in [6, 6.07) is 4.65. The standard InChI is InChI=1S/C16H26N2S/c1-13-4-5-14(19-13)16(18(2)3)8-6-15(7-9-16)10-11-17-12-15/h4-5,17H,6-12H2,1-3H3. The van der Waals surface area contributed by atoms with Gasteiger partial charge >= 0.3 is 0 Å². The van der Waals surface area contributed by atoms with E-state index in [0.29, 0.717) is 11.0 Å². The highest BCUT2D eigenvalue weighted by Gasteiger charge is 2.46. The van der Waals surface area contributed by atoms with E-state index in [-0.39, 0.29) is 0 Å². The Morgan fingerprint density at radius 2 is 1.84 bits per heavy atom. The molecule has 1 spiro atoms. The van der Waals surface area contributed by atoms with Gasteiger partial charge in [-0.15, -0.1) is 11.3 Å². The minimum Gasteiger partial charge on any atom is -0.316 e. The summed E-state index contributed by atoms with van der Waals surface area (Å²) in [7, 11) is 4.53. The molecule has 1 aromatic heterocycles. The van der Waals surface area contributed by atoms with Crippen molar-refractivity contribution in [3.8, 4) is 0 Å². The number of hydrogen-bond acceptors (Lipinski definition) is 3. The fourth-order valence-electron chi connectivity index (χ4n) is 4.01. The molecule has 2 heterocycles. The molecule has 1 saturated carbocycles. The van der Waals surface area contributed by atoms with E-state index in [9.17, 15) is 0 Å². The van der Waals surface area contributed by atoms with E-state index in [0.717, 1.165) is 0 Å². The van der Waals surface area contributed by atoms with Crippen LogP contribution >= 0.6 is 11.3 Å². The summed E-state index contributed by atoms with van der Waals surface area (Å²) < 4.78 is 0. The van der Waals surface area contributed by atoms with Crippen molar-refractivity contribution in [2.45, 2.75) is 44.6 Å². The number of aryl methyl sites for hydroxylation is 1. The first-order valence-electron chi connectivity index (χ1n) is 7.52. The van der Waals surface area contributed by atoms with E-state index in [1.807, 2.05) is 11.3 Å². The van der Waals surface area contributed by atoms with Crippen molar-refractivity contribution < 1.29 is 0 Å². The molecule has 0 unspecified atom stereocenters. The second kappa shape index (κ2) is 4.87. The lowest BCUT2D eigenvalue weighted by molar-refractivity contribution is 0.0459. The van der Waals surface area contributed by atoms with Crippen LogP contribution in [0.15, 0.2) is 12.1 Å². The first-order chi connectivity index (χ1) is 9.06. The molecular weight excluding hydrogens is 252 g/mol. The number of nitrogens with zero attached hydrogens (tertiary/aromatic N) is 1. The molecule has 19 heavy (non-hydrogen) atoms. The number of rotatable bonds is 2. The molecule has 2 aliphatic rings. The quantitative estimate of drug-likeness (QED) is 0.892. The van der Waals surface area contributed by atoms with Crippen LogP contribution in [0.4, 0.5) is 0 Å². The first kappa shape index (κ1) is 13.6. The summed E-state index contributed by atoms with van der Waals surface area (Å²) in [4.78, 5) is 5.50. The molecule has 0 bridgehead atoms. The Labute approximate surface area is 121 Å². The van der Waals surface area contributed by atoms with Crippen LogP contribution in [0.5, 0.6) is 0 Å². The van der Waals surface area contributed by atoms with Crippen molar-refractivity contribution in [2.75, 3.05) is 27.2 Å². The minimum atomic E-state index is 0.298. The Hall–Kier alpha value is -0.380. The topological polar surface area (TPSA) is 15.3 Å². The highest BCUT2D eigenvalue weighted by Crippen LogP contribution is 2.51. The summed E-state index contributed by atoms with van der Waals surface area (Å²) in [6.45, 7) is 4.70. The van der Waals surface area contributed by atoms with Crippen LogP contribution in [0, 0.1) is 12.3 Å². The molecule has 1 aromatic rings. The smallest absolute Gasteiger partial charge is 0.0549 e. The van der Waals surface area contributed by atoms with E-state index in [2.05, 4.69) is 43.4 Å². The van der Waals surface area contributed by atoms with Gasteiger partial charge in [0.05, 0.1) is 5.54 Å². The third-order valence-corrected chi connectivity index (χ3v) is 6.72. The fourth-order valence-corrected chi connectivity index (χ4v) is 5.21. The molecule has 3 heteroatoms. The van der Waals surface area contributed by atoms with Gasteiger partial charge in [0.25, 0.3) is 0 Å². The fraction of sp³-hybridized carbons (Fsp3) is 0.750. The van der Waals surface area contributed by atoms with Gasteiger partial charge in [0.1, 0.15) is 0 Å². The molecule has 2 nitrogen and oxygen atoms in total. The summed E-state index contributed by atoms with van der Waals surface area (Å²) >= 11 is 2.00. The van der Waals surface area contributed by atoms with Gasteiger partial charge in [0.15, 0.2) is 0 Å². The van der Waals surface area contributed by atoms with E-state index in [1.54, 1.807) is 4.88 Å². The van der Waals surface area contributed by atoms with Crippen molar-refractivity contribution in [1.82, 2.24) is 10.2 Å². The van der Waals surface area contributed by atoms with Gasteiger partial charge in [-0.1, -0.05) is 0 Å². The highest BCUT2D eigenvalue weighted by molar-refractivity contribution is 7.12. The lowest BCUT2D eigenvalue weighted by Gasteiger charge is -2.48. The summed E-state index contributed by atoms with van der Waals surface area (Å²) in [5, 5.41) is 3.57. The summed E-state index contributed by atoms with van der Waals surface area (Å²) in [5.74, 6) is 0. The lowest BCUT2D eigenvalue weighted by Crippen LogP contribution is -2.46. The Morgan fingerprint density at radius 1 is 1.11 bits per heavy atom. The molecule has 3 rings (SSSR count). The summed E-state index contributed by atoms with van der Waals surface area (Å²) in [6.07, 6.45) is 6.80. The Kier molecular flexibility index (Phi) is 3.48. The Morgan fingerprint density at radius 3 is 2.32 bits per heavy atom.